The first-order valence-corrected chi connectivity index (χ1v) is 8.40. The van der Waals surface area contributed by atoms with Gasteiger partial charge < -0.3 is 0 Å². The molecule has 0 fully saturated rings. The highest BCUT2D eigenvalue weighted by Crippen LogP contribution is 2.31. The molecule has 6 heteroatoms. The van der Waals surface area contributed by atoms with Crippen molar-refractivity contribution in [3.63, 3.8) is 0 Å². The van der Waals surface area contributed by atoms with E-state index in [1.807, 2.05) is 18.2 Å². The van der Waals surface area contributed by atoms with Crippen LogP contribution in [0.5, 0.6) is 0 Å². The fourth-order valence-corrected chi connectivity index (χ4v) is 2.70. The van der Waals surface area contributed by atoms with Crippen LogP contribution in [-0.4, -0.2) is 9.97 Å². The largest absolute Gasteiger partial charge is 0.232 e. The van der Waals surface area contributed by atoms with Gasteiger partial charge in [0.05, 0.1) is 15.2 Å². The molecule has 0 spiro atoms. The zero-order valence-corrected chi connectivity index (χ0v) is 15.6. The van der Waals surface area contributed by atoms with Crippen molar-refractivity contribution < 1.29 is 0 Å². The van der Waals surface area contributed by atoms with Crippen LogP contribution in [0, 0.1) is 5.92 Å². The Kier molecular flexibility index (Phi) is 5.46. The third-order valence-corrected chi connectivity index (χ3v) is 5.23. The summed E-state index contributed by atoms with van der Waals surface area (Å²) in [4.78, 5) is 8.91. The van der Waals surface area contributed by atoms with Crippen LogP contribution in [0.2, 0.25) is 10.2 Å². The van der Waals surface area contributed by atoms with Gasteiger partial charge in [-0.15, -0.1) is 0 Å². The summed E-state index contributed by atoms with van der Waals surface area (Å²) < 4.78 is 1.60. The lowest BCUT2D eigenvalue weighted by atomic mass is 10.1. The molecular weight excluding hydrogens is 427 g/mol. The van der Waals surface area contributed by atoms with E-state index < -0.39 is 0 Å². The molecule has 1 aromatic carbocycles. The summed E-state index contributed by atoms with van der Waals surface area (Å²) in [5, 5.41) is 1.04. The quantitative estimate of drug-likeness (QED) is 0.535. The summed E-state index contributed by atoms with van der Waals surface area (Å²) >= 11 is 19.1. The van der Waals surface area contributed by atoms with Gasteiger partial charge in [0, 0.05) is 10.0 Å². The molecule has 1 aromatic heterocycles. The molecule has 0 radical (unpaired) electrons. The Labute approximate surface area is 145 Å². The number of nitrogens with zero attached hydrogens (tertiary/aromatic N) is 2. The van der Waals surface area contributed by atoms with Crippen LogP contribution < -0.4 is 0 Å². The van der Waals surface area contributed by atoms with Crippen molar-refractivity contribution in [3.05, 3.63) is 43.0 Å². The van der Waals surface area contributed by atoms with Gasteiger partial charge in [-0.05, 0) is 62.4 Å². The Morgan fingerprint density at radius 3 is 2.45 bits per heavy atom. The van der Waals surface area contributed by atoms with Crippen molar-refractivity contribution in [1.29, 1.82) is 0 Å². The van der Waals surface area contributed by atoms with Gasteiger partial charge in [0.25, 0.3) is 0 Å². The molecule has 0 aliphatic carbocycles. The molecule has 1 heterocycles. The topological polar surface area (TPSA) is 25.8 Å². The minimum Gasteiger partial charge on any atom is -0.232 e. The van der Waals surface area contributed by atoms with E-state index in [-0.39, 0.29) is 0 Å². The minimum absolute atomic E-state index is 0.421. The van der Waals surface area contributed by atoms with Crippen LogP contribution in [0.4, 0.5) is 0 Å². The predicted molar refractivity (Wildman–Crippen MR) is 91.4 cm³/mol. The molecule has 0 saturated carbocycles. The lowest BCUT2D eigenvalue weighted by Gasteiger charge is -2.10. The molecule has 0 saturated heterocycles. The first-order chi connectivity index (χ1) is 9.38. The van der Waals surface area contributed by atoms with Gasteiger partial charge in [0.2, 0.25) is 0 Å². The Morgan fingerprint density at radius 2 is 1.85 bits per heavy atom. The Bertz CT molecular complexity index is 645. The molecule has 0 bridgehead atoms. The maximum absolute atomic E-state index is 6.18. The standard InChI is InChI=1S/C14H12Br2Cl2N2/c1-7(2)5-11-12(16)13(18)20-14(19-11)8-3-4-9(15)10(17)6-8/h3-4,6-7H,5H2,1-2H3. The SMILES string of the molecule is CC(C)Cc1nc(-c2ccc(Br)c(Cl)c2)nc(Cl)c1Br. The lowest BCUT2D eigenvalue weighted by molar-refractivity contribution is 0.632. The first kappa shape index (κ1) is 16.2. The molecule has 0 amide bonds. The number of rotatable bonds is 3. The number of hydrogen-bond acceptors (Lipinski definition) is 2. The second-order valence-corrected chi connectivity index (χ2v) is 7.24. The minimum atomic E-state index is 0.421. The van der Waals surface area contributed by atoms with E-state index in [0.29, 0.717) is 21.9 Å². The van der Waals surface area contributed by atoms with E-state index in [4.69, 9.17) is 23.2 Å². The predicted octanol–water partition coefficient (Wildman–Crippen LogP) is 6.17. The van der Waals surface area contributed by atoms with Gasteiger partial charge in [-0.3, -0.25) is 0 Å². The average Bonchev–Trinajstić information content (AvgIpc) is 2.37. The van der Waals surface area contributed by atoms with E-state index in [1.165, 1.54) is 0 Å². The summed E-state index contributed by atoms with van der Waals surface area (Å²) in [6.45, 7) is 4.28. The highest BCUT2D eigenvalue weighted by molar-refractivity contribution is 9.11. The second-order valence-electron chi connectivity index (χ2n) is 4.83. The molecule has 2 nitrogen and oxygen atoms in total. The maximum atomic E-state index is 6.18. The highest BCUT2D eigenvalue weighted by Gasteiger charge is 2.14. The Morgan fingerprint density at radius 1 is 1.15 bits per heavy atom. The van der Waals surface area contributed by atoms with Crippen LogP contribution in [0.15, 0.2) is 27.1 Å². The van der Waals surface area contributed by atoms with Gasteiger partial charge in [-0.2, -0.15) is 0 Å². The monoisotopic (exact) mass is 436 g/mol. The van der Waals surface area contributed by atoms with Gasteiger partial charge in [0.1, 0.15) is 5.15 Å². The second kappa shape index (κ2) is 6.73. The van der Waals surface area contributed by atoms with Crippen molar-refractivity contribution in [3.8, 4) is 11.4 Å². The summed E-state index contributed by atoms with van der Waals surface area (Å²) in [6.07, 6.45) is 0.833. The van der Waals surface area contributed by atoms with Crippen LogP contribution in [-0.2, 0) is 6.42 Å². The van der Waals surface area contributed by atoms with E-state index in [2.05, 4.69) is 55.7 Å². The highest BCUT2D eigenvalue weighted by atomic mass is 79.9. The van der Waals surface area contributed by atoms with Crippen molar-refractivity contribution in [2.75, 3.05) is 0 Å². The summed E-state index contributed by atoms with van der Waals surface area (Å²) in [5.41, 5.74) is 1.76. The summed E-state index contributed by atoms with van der Waals surface area (Å²) in [7, 11) is 0. The molecule has 0 aliphatic rings. The first-order valence-electron chi connectivity index (χ1n) is 6.05. The number of benzene rings is 1. The van der Waals surface area contributed by atoms with Crippen molar-refractivity contribution in [2.45, 2.75) is 20.3 Å². The van der Waals surface area contributed by atoms with Crippen LogP contribution in [0.25, 0.3) is 11.4 Å². The zero-order chi connectivity index (χ0) is 14.9. The van der Waals surface area contributed by atoms with Crippen LogP contribution in [0.1, 0.15) is 19.5 Å². The Balaban J connectivity index is 2.51. The Hall–Kier alpha value is -0.160. The van der Waals surface area contributed by atoms with Crippen molar-refractivity contribution in [1.82, 2.24) is 9.97 Å². The number of hydrogen-bond donors (Lipinski definition) is 0. The lowest BCUT2D eigenvalue weighted by Crippen LogP contribution is -2.02. The van der Waals surface area contributed by atoms with Crippen molar-refractivity contribution >= 4 is 55.1 Å². The third-order valence-electron chi connectivity index (χ3n) is 2.66. The summed E-state index contributed by atoms with van der Waals surface area (Å²) in [5.74, 6) is 1.07. The molecule has 0 N–H and O–H groups in total. The van der Waals surface area contributed by atoms with E-state index >= 15 is 0 Å². The molecule has 0 unspecified atom stereocenters. The molecule has 0 aliphatic heterocycles. The fourth-order valence-electron chi connectivity index (χ4n) is 1.75. The molecule has 20 heavy (non-hydrogen) atoms. The van der Waals surface area contributed by atoms with Crippen molar-refractivity contribution in [2.24, 2.45) is 5.92 Å². The van der Waals surface area contributed by atoms with Gasteiger partial charge in [-0.1, -0.05) is 37.0 Å². The van der Waals surface area contributed by atoms with Crippen LogP contribution >= 0.6 is 55.1 Å². The molecule has 2 aromatic rings. The van der Waals surface area contributed by atoms with E-state index in [1.54, 1.807) is 0 Å². The number of aromatic nitrogens is 2. The smallest absolute Gasteiger partial charge is 0.161 e. The molecule has 0 atom stereocenters. The van der Waals surface area contributed by atoms with Gasteiger partial charge in [-0.25, -0.2) is 9.97 Å². The molecular formula is C14H12Br2Cl2N2. The third kappa shape index (κ3) is 3.73. The van der Waals surface area contributed by atoms with E-state index in [0.717, 1.165) is 26.6 Å². The average molecular weight is 439 g/mol. The van der Waals surface area contributed by atoms with E-state index in [9.17, 15) is 0 Å². The van der Waals surface area contributed by atoms with Crippen LogP contribution in [0.3, 0.4) is 0 Å². The fraction of sp³-hybridized carbons (Fsp3) is 0.286. The van der Waals surface area contributed by atoms with Gasteiger partial charge in [0.15, 0.2) is 5.82 Å². The summed E-state index contributed by atoms with van der Waals surface area (Å²) in [6, 6.07) is 5.61. The molecule has 2 rings (SSSR count). The molecule has 106 valence electrons. The number of halogens is 4. The van der Waals surface area contributed by atoms with Gasteiger partial charge >= 0.3 is 0 Å². The maximum Gasteiger partial charge on any atom is 0.161 e. The normalized spacial score (nSPS) is 11.2. The zero-order valence-electron chi connectivity index (χ0n) is 10.9.